The second kappa shape index (κ2) is 13.7. The first kappa shape index (κ1) is 33.9. The number of furan rings is 1. The predicted octanol–water partition coefficient (Wildman–Crippen LogP) is 14.2. The van der Waals surface area contributed by atoms with E-state index in [1.54, 1.807) is 0 Å². The third-order valence-corrected chi connectivity index (χ3v) is 11.3. The summed E-state index contributed by atoms with van der Waals surface area (Å²) in [6, 6.07) is 66.6. The first-order valence-corrected chi connectivity index (χ1v) is 20.0. The van der Waals surface area contributed by atoms with Crippen molar-refractivity contribution in [2.45, 2.75) is 0 Å². The fourth-order valence-corrected chi connectivity index (χ4v) is 8.37. The van der Waals surface area contributed by atoms with E-state index in [2.05, 4.69) is 133 Å². The molecule has 12 rings (SSSR count). The number of aromatic nitrogens is 4. The monoisotopic (exact) mass is 768 g/mol. The van der Waals surface area contributed by atoms with Gasteiger partial charge < -0.3 is 8.83 Å². The second-order valence-electron chi connectivity index (χ2n) is 15.0. The van der Waals surface area contributed by atoms with E-state index in [1.165, 1.54) is 11.1 Å². The molecule has 6 heteroatoms. The molecule has 280 valence electrons. The number of hydrogen-bond donors (Lipinski definition) is 0. The third kappa shape index (κ3) is 5.73. The number of benzene rings is 9. The minimum atomic E-state index is 0.568. The van der Waals surface area contributed by atoms with Crippen LogP contribution in [0.15, 0.2) is 203 Å². The van der Waals surface area contributed by atoms with Gasteiger partial charge in [-0.05, 0) is 86.9 Å². The van der Waals surface area contributed by atoms with Crippen LogP contribution in [0.1, 0.15) is 0 Å². The van der Waals surface area contributed by atoms with Crippen molar-refractivity contribution in [3.05, 3.63) is 194 Å². The number of hydrogen-bond acceptors (Lipinski definition) is 6. The molecule has 0 saturated carbocycles. The predicted molar refractivity (Wildman–Crippen MR) is 242 cm³/mol. The highest BCUT2D eigenvalue weighted by atomic mass is 16.4. The lowest BCUT2D eigenvalue weighted by atomic mass is 9.98. The molecule has 0 spiro atoms. The molecule has 0 bridgehead atoms. The smallest absolute Gasteiger partial charge is 0.227 e. The highest BCUT2D eigenvalue weighted by Crippen LogP contribution is 2.41. The van der Waals surface area contributed by atoms with Crippen molar-refractivity contribution in [2.75, 3.05) is 0 Å². The molecule has 0 unspecified atom stereocenters. The Labute approximate surface area is 344 Å². The lowest BCUT2D eigenvalue weighted by Crippen LogP contribution is -2.01. The summed E-state index contributed by atoms with van der Waals surface area (Å²) in [6.07, 6.45) is 0. The van der Waals surface area contributed by atoms with Crippen molar-refractivity contribution in [1.29, 1.82) is 0 Å². The highest BCUT2D eigenvalue weighted by molar-refractivity contribution is 6.22. The quantitative estimate of drug-likeness (QED) is 0.168. The maximum Gasteiger partial charge on any atom is 0.227 e. The summed E-state index contributed by atoms with van der Waals surface area (Å²) in [5.74, 6) is 2.34. The second-order valence-corrected chi connectivity index (χ2v) is 15.0. The zero-order valence-corrected chi connectivity index (χ0v) is 32.1. The summed E-state index contributed by atoms with van der Waals surface area (Å²) >= 11 is 0. The van der Waals surface area contributed by atoms with Crippen LogP contribution in [0.5, 0.6) is 0 Å². The molecular formula is C54H32N4O2. The summed E-state index contributed by atoms with van der Waals surface area (Å²) in [4.78, 5) is 20.6. The van der Waals surface area contributed by atoms with Crippen molar-refractivity contribution in [2.24, 2.45) is 0 Å². The maximum absolute atomic E-state index is 6.67. The van der Waals surface area contributed by atoms with Crippen LogP contribution >= 0.6 is 0 Å². The van der Waals surface area contributed by atoms with Crippen LogP contribution < -0.4 is 0 Å². The van der Waals surface area contributed by atoms with Crippen LogP contribution in [0.2, 0.25) is 0 Å². The van der Waals surface area contributed by atoms with Crippen LogP contribution in [-0.4, -0.2) is 19.9 Å². The van der Waals surface area contributed by atoms with Crippen LogP contribution in [-0.2, 0) is 0 Å². The molecule has 0 fully saturated rings. The largest absolute Gasteiger partial charge is 0.455 e. The molecular weight excluding hydrogens is 737 g/mol. The molecule has 60 heavy (non-hydrogen) atoms. The molecule has 0 N–H and O–H groups in total. The topological polar surface area (TPSA) is 77.8 Å². The van der Waals surface area contributed by atoms with Crippen LogP contribution in [0, 0.1) is 0 Å². The van der Waals surface area contributed by atoms with E-state index < -0.39 is 0 Å². The molecule has 0 aliphatic heterocycles. The first-order valence-electron chi connectivity index (χ1n) is 20.0. The Morgan fingerprint density at radius 1 is 0.317 bits per heavy atom. The summed E-state index contributed by atoms with van der Waals surface area (Å²) in [6.45, 7) is 0. The van der Waals surface area contributed by atoms with Gasteiger partial charge in [-0.15, -0.1) is 0 Å². The normalized spacial score (nSPS) is 11.7. The summed E-state index contributed by atoms with van der Waals surface area (Å²) in [7, 11) is 0. The Bertz CT molecular complexity index is 3600. The minimum Gasteiger partial charge on any atom is -0.455 e. The zero-order valence-electron chi connectivity index (χ0n) is 32.1. The number of fused-ring (bicyclic) bond motifs is 8. The molecule has 9 aromatic carbocycles. The molecule has 0 radical (unpaired) electrons. The molecule has 6 nitrogen and oxygen atoms in total. The summed E-state index contributed by atoms with van der Waals surface area (Å²) in [5, 5.41) is 6.14. The van der Waals surface area contributed by atoms with Crippen LogP contribution in [0.4, 0.5) is 0 Å². The van der Waals surface area contributed by atoms with E-state index in [0.29, 0.717) is 28.9 Å². The lowest BCUT2D eigenvalue weighted by molar-refractivity contribution is 0.619. The maximum atomic E-state index is 6.67. The van der Waals surface area contributed by atoms with E-state index in [1.807, 2.05) is 60.7 Å². The van der Waals surface area contributed by atoms with Gasteiger partial charge in [0.15, 0.2) is 23.1 Å². The summed E-state index contributed by atoms with van der Waals surface area (Å²) < 4.78 is 12.9. The van der Waals surface area contributed by atoms with Crippen LogP contribution in [0.3, 0.4) is 0 Å². The van der Waals surface area contributed by atoms with Gasteiger partial charge in [-0.2, -0.15) is 0 Å². The van der Waals surface area contributed by atoms with Gasteiger partial charge in [0, 0.05) is 33.0 Å². The minimum absolute atomic E-state index is 0.568. The number of rotatable bonds is 6. The Morgan fingerprint density at radius 2 is 0.867 bits per heavy atom. The average molecular weight is 769 g/mol. The Morgan fingerprint density at radius 3 is 1.60 bits per heavy atom. The third-order valence-electron chi connectivity index (χ3n) is 11.3. The van der Waals surface area contributed by atoms with Crippen molar-refractivity contribution < 1.29 is 8.83 Å². The molecule has 0 saturated heterocycles. The van der Waals surface area contributed by atoms with Gasteiger partial charge in [0.05, 0.1) is 5.39 Å². The van der Waals surface area contributed by atoms with E-state index >= 15 is 0 Å². The fourth-order valence-electron chi connectivity index (χ4n) is 8.37. The molecule has 0 amide bonds. The van der Waals surface area contributed by atoms with Gasteiger partial charge in [-0.3, -0.25) is 0 Å². The molecule has 0 atom stereocenters. The molecule has 0 aliphatic carbocycles. The first-order chi connectivity index (χ1) is 29.7. The highest BCUT2D eigenvalue weighted by Gasteiger charge is 2.20. The number of nitrogens with zero attached hydrogens (tertiary/aromatic N) is 4. The molecule has 3 aromatic heterocycles. The van der Waals surface area contributed by atoms with Crippen molar-refractivity contribution >= 4 is 54.6 Å². The van der Waals surface area contributed by atoms with E-state index in [9.17, 15) is 0 Å². The SMILES string of the molecule is c1ccc(-c2ccc3cc(-c4nc(-c5ccc6ccc7c(oc8ccc9oc(-c%10ccccc%10)nc9c87)c6c5)nc(-c5ccccc5-c5ccccc5)n4)ccc3c2)cc1. The average Bonchev–Trinajstić information content (AvgIpc) is 3.94. The Kier molecular flexibility index (Phi) is 7.74. The van der Waals surface area contributed by atoms with Gasteiger partial charge in [0.2, 0.25) is 5.89 Å². The molecule has 12 aromatic rings. The van der Waals surface area contributed by atoms with Crippen molar-refractivity contribution in [1.82, 2.24) is 19.9 Å². The van der Waals surface area contributed by atoms with Gasteiger partial charge in [0.1, 0.15) is 16.7 Å². The van der Waals surface area contributed by atoms with Gasteiger partial charge in [-0.25, -0.2) is 19.9 Å². The Hall–Kier alpha value is -8.22. The van der Waals surface area contributed by atoms with Gasteiger partial charge >= 0.3 is 0 Å². The van der Waals surface area contributed by atoms with Crippen molar-refractivity contribution in [3.8, 4) is 67.9 Å². The van der Waals surface area contributed by atoms with Gasteiger partial charge in [-0.1, -0.05) is 146 Å². The molecule has 0 aliphatic rings. The molecule has 3 heterocycles. The van der Waals surface area contributed by atoms with Crippen LogP contribution in [0.25, 0.3) is 122 Å². The van der Waals surface area contributed by atoms with Crippen molar-refractivity contribution in [3.63, 3.8) is 0 Å². The lowest BCUT2D eigenvalue weighted by Gasteiger charge is -2.13. The summed E-state index contributed by atoms with van der Waals surface area (Å²) in [5.41, 5.74) is 11.1. The van der Waals surface area contributed by atoms with E-state index in [0.717, 1.165) is 82.4 Å². The standard InChI is InChI=1S/C54H32N4O2/c1-4-12-33(13-5-1)37-21-22-39-31-40(25-23-38(39)30-37)51-56-52(58-53(57-51)43-19-11-10-18-42(43)34-14-6-2-7-15-34)41-24-20-35-26-27-44-48-46(59-50(44)45(35)32-41)28-29-47-49(48)55-54(60-47)36-16-8-3-9-17-36/h1-32H. The number of oxazole rings is 1. The van der Waals surface area contributed by atoms with Gasteiger partial charge in [0.25, 0.3) is 0 Å². The zero-order chi connectivity index (χ0) is 39.6. The Balaban J connectivity index is 1.03. The fraction of sp³-hybridized carbons (Fsp3) is 0. The van der Waals surface area contributed by atoms with E-state index in [4.69, 9.17) is 28.8 Å². The van der Waals surface area contributed by atoms with E-state index in [-0.39, 0.29) is 0 Å².